The standard InChI is InChI=1S/C14H12N4O2/c1-19-14(20-2)11-5-3-4-6-12(11)18-13(9-17)10(7-15)8-16/h3-6,14,18H,1-2H3. The molecule has 0 atom stereocenters. The van der Waals surface area contributed by atoms with Crippen LogP contribution in [0, 0.1) is 34.0 Å². The topological polar surface area (TPSA) is 102 Å². The van der Waals surface area contributed by atoms with Crippen LogP contribution in [0.15, 0.2) is 35.5 Å². The number of nitrogens with one attached hydrogen (secondary N) is 1. The molecule has 0 bridgehead atoms. The Kier molecular flexibility index (Phi) is 5.75. The number of allylic oxidation sites excluding steroid dienone is 2. The highest BCUT2D eigenvalue weighted by atomic mass is 16.7. The van der Waals surface area contributed by atoms with Gasteiger partial charge in [-0.1, -0.05) is 18.2 Å². The number of nitrogens with zero attached hydrogens (tertiary/aromatic N) is 3. The van der Waals surface area contributed by atoms with E-state index in [4.69, 9.17) is 25.3 Å². The maximum absolute atomic E-state index is 9.03. The molecule has 0 aromatic heterocycles. The lowest BCUT2D eigenvalue weighted by Crippen LogP contribution is -2.09. The van der Waals surface area contributed by atoms with Gasteiger partial charge in [-0.3, -0.25) is 0 Å². The molecule has 1 rings (SSSR count). The minimum absolute atomic E-state index is 0.117. The van der Waals surface area contributed by atoms with Gasteiger partial charge in [-0.25, -0.2) is 0 Å². The molecule has 1 aromatic carbocycles. The van der Waals surface area contributed by atoms with Crippen LogP contribution in [0.1, 0.15) is 11.9 Å². The Balaban J connectivity index is 3.24. The third-order valence-electron chi connectivity index (χ3n) is 2.49. The number of benzene rings is 1. The largest absolute Gasteiger partial charge is 0.352 e. The van der Waals surface area contributed by atoms with Crippen molar-refractivity contribution >= 4 is 5.69 Å². The van der Waals surface area contributed by atoms with E-state index in [9.17, 15) is 0 Å². The van der Waals surface area contributed by atoms with E-state index in [-0.39, 0.29) is 11.3 Å². The van der Waals surface area contributed by atoms with Gasteiger partial charge in [0.15, 0.2) is 11.9 Å². The fourth-order valence-corrected chi connectivity index (χ4v) is 1.58. The molecule has 0 radical (unpaired) electrons. The molecule has 0 spiro atoms. The Morgan fingerprint density at radius 3 is 2.15 bits per heavy atom. The molecular formula is C14H12N4O2. The summed E-state index contributed by atoms with van der Waals surface area (Å²) in [5.41, 5.74) is 0.781. The molecule has 0 amide bonds. The van der Waals surface area contributed by atoms with Crippen LogP contribution >= 0.6 is 0 Å². The summed E-state index contributed by atoms with van der Waals surface area (Å²) < 4.78 is 10.3. The third kappa shape index (κ3) is 3.34. The van der Waals surface area contributed by atoms with Crippen molar-refractivity contribution in [2.45, 2.75) is 6.29 Å². The molecule has 0 unspecified atom stereocenters. The van der Waals surface area contributed by atoms with Crippen LogP contribution in [-0.4, -0.2) is 14.2 Å². The van der Waals surface area contributed by atoms with Crippen molar-refractivity contribution in [1.29, 1.82) is 15.8 Å². The van der Waals surface area contributed by atoms with Crippen molar-refractivity contribution in [3.63, 3.8) is 0 Å². The Labute approximate surface area is 117 Å². The van der Waals surface area contributed by atoms with Crippen LogP contribution < -0.4 is 5.32 Å². The summed E-state index contributed by atoms with van der Waals surface area (Å²) in [4.78, 5) is 0. The summed E-state index contributed by atoms with van der Waals surface area (Å²) in [5.74, 6) is 0. The molecule has 0 saturated carbocycles. The molecule has 0 fully saturated rings. The van der Waals surface area contributed by atoms with Crippen molar-refractivity contribution in [1.82, 2.24) is 0 Å². The smallest absolute Gasteiger partial charge is 0.185 e. The van der Waals surface area contributed by atoms with Crippen molar-refractivity contribution in [3.8, 4) is 18.2 Å². The van der Waals surface area contributed by atoms with E-state index in [2.05, 4.69) is 5.32 Å². The number of ether oxygens (including phenoxy) is 2. The summed E-state index contributed by atoms with van der Waals surface area (Å²) in [6.45, 7) is 0. The molecule has 20 heavy (non-hydrogen) atoms. The van der Waals surface area contributed by atoms with Gasteiger partial charge in [0.1, 0.15) is 23.9 Å². The van der Waals surface area contributed by atoms with Gasteiger partial charge in [-0.15, -0.1) is 0 Å². The number of rotatable bonds is 5. The number of para-hydroxylation sites is 1. The molecule has 0 aliphatic carbocycles. The lowest BCUT2D eigenvalue weighted by Gasteiger charge is -2.18. The SMILES string of the molecule is COC(OC)c1ccccc1NC(C#N)=C(C#N)C#N. The average Bonchev–Trinajstić information content (AvgIpc) is 2.50. The fourth-order valence-electron chi connectivity index (χ4n) is 1.58. The van der Waals surface area contributed by atoms with E-state index in [1.54, 1.807) is 42.5 Å². The van der Waals surface area contributed by atoms with E-state index in [1.165, 1.54) is 14.2 Å². The fraction of sp³-hybridized carbons (Fsp3) is 0.214. The first-order valence-corrected chi connectivity index (χ1v) is 5.57. The lowest BCUT2D eigenvalue weighted by atomic mass is 10.1. The molecule has 0 saturated heterocycles. The monoisotopic (exact) mass is 268 g/mol. The summed E-state index contributed by atoms with van der Waals surface area (Å²) in [5, 5.41) is 29.4. The van der Waals surface area contributed by atoms with E-state index in [0.717, 1.165) is 0 Å². The number of methoxy groups -OCH3 is 2. The number of anilines is 1. The third-order valence-corrected chi connectivity index (χ3v) is 2.49. The van der Waals surface area contributed by atoms with Crippen LogP contribution in [0.3, 0.4) is 0 Å². The summed E-state index contributed by atoms with van der Waals surface area (Å²) in [7, 11) is 2.98. The lowest BCUT2D eigenvalue weighted by molar-refractivity contribution is -0.105. The maximum Gasteiger partial charge on any atom is 0.185 e. The molecule has 1 aromatic rings. The quantitative estimate of drug-likeness (QED) is 0.648. The van der Waals surface area contributed by atoms with E-state index in [1.807, 2.05) is 0 Å². The Morgan fingerprint density at radius 2 is 1.65 bits per heavy atom. The molecule has 100 valence electrons. The summed E-state index contributed by atoms with van der Waals surface area (Å²) in [6.07, 6.45) is -0.619. The second-order valence-electron chi connectivity index (χ2n) is 3.60. The zero-order chi connectivity index (χ0) is 15.0. The van der Waals surface area contributed by atoms with Crippen LogP contribution in [0.25, 0.3) is 0 Å². The van der Waals surface area contributed by atoms with Gasteiger partial charge in [-0.05, 0) is 6.07 Å². The highest BCUT2D eigenvalue weighted by Crippen LogP contribution is 2.26. The van der Waals surface area contributed by atoms with Crippen LogP contribution in [-0.2, 0) is 9.47 Å². The van der Waals surface area contributed by atoms with Gasteiger partial charge >= 0.3 is 0 Å². The maximum atomic E-state index is 9.03. The summed E-state index contributed by atoms with van der Waals surface area (Å²) in [6, 6.07) is 12.1. The average molecular weight is 268 g/mol. The number of hydrogen-bond donors (Lipinski definition) is 1. The molecule has 6 heteroatoms. The molecule has 0 heterocycles. The predicted molar refractivity (Wildman–Crippen MR) is 70.7 cm³/mol. The zero-order valence-electron chi connectivity index (χ0n) is 11.0. The predicted octanol–water partition coefficient (Wildman–Crippen LogP) is 2.21. The van der Waals surface area contributed by atoms with Crippen molar-refractivity contribution < 1.29 is 9.47 Å². The van der Waals surface area contributed by atoms with Gasteiger partial charge in [0.25, 0.3) is 0 Å². The van der Waals surface area contributed by atoms with Crippen LogP contribution in [0.5, 0.6) is 0 Å². The van der Waals surface area contributed by atoms with E-state index >= 15 is 0 Å². The van der Waals surface area contributed by atoms with Crippen molar-refractivity contribution in [2.24, 2.45) is 0 Å². The zero-order valence-corrected chi connectivity index (χ0v) is 11.0. The van der Waals surface area contributed by atoms with E-state index < -0.39 is 6.29 Å². The normalized spacial score (nSPS) is 9.20. The minimum Gasteiger partial charge on any atom is -0.352 e. The Morgan fingerprint density at radius 1 is 1.05 bits per heavy atom. The molecule has 6 nitrogen and oxygen atoms in total. The number of nitriles is 3. The van der Waals surface area contributed by atoms with E-state index in [0.29, 0.717) is 11.3 Å². The molecule has 0 aliphatic heterocycles. The molecular weight excluding hydrogens is 256 g/mol. The van der Waals surface area contributed by atoms with Crippen LogP contribution in [0.2, 0.25) is 0 Å². The van der Waals surface area contributed by atoms with Gasteiger partial charge in [0, 0.05) is 25.5 Å². The second kappa shape index (κ2) is 7.56. The van der Waals surface area contributed by atoms with Crippen molar-refractivity contribution in [2.75, 3.05) is 19.5 Å². The van der Waals surface area contributed by atoms with Gasteiger partial charge in [0.2, 0.25) is 0 Å². The second-order valence-corrected chi connectivity index (χ2v) is 3.60. The summed E-state index contributed by atoms with van der Waals surface area (Å²) >= 11 is 0. The van der Waals surface area contributed by atoms with Gasteiger partial charge in [-0.2, -0.15) is 15.8 Å². The Bertz CT molecular complexity index is 612. The molecule has 1 N–H and O–H groups in total. The first kappa shape index (κ1) is 15.2. The van der Waals surface area contributed by atoms with Crippen LogP contribution in [0.4, 0.5) is 5.69 Å². The van der Waals surface area contributed by atoms with Gasteiger partial charge in [0.05, 0.1) is 0 Å². The van der Waals surface area contributed by atoms with Gasteiger partial charge < -0.3 is 14.8 Å². The first-order chi connectivity index (χ1) is 9.71. The highest BCUT2D eigenvalue weighted by Gasteiger charge is 2.15. The number of hydrogen-bond acceptors (Lipinski definition) is 6. The van der Waals surface area contributed by atoms with Crippen molar-refractivity contribution in [3.05, 3.63) is 41.1 Å². The first-order valence-electron chi connectivity index (χ1n) is 5.57. The Hall–Kier alpha value is -2.85. The minimum atomic E-state index is -0.619. The molecule has 0 aliphatic rings. The highest BCUT2D eigenvalue weighted by molar-refractivity contribution is 5.61.